The van der Waals surface area contributed by atoms with Gasteiger partial charge in [0.15, 0.2) is 0 Å². The number of alkyl carbamates (subject to hydrolysis) is 1. The van der Waals surface area contributed by atoms with Gasteiger partial charge in [-0.05, 0) is 28.7 Å². The standard InChI is InChI=1S/C26H30N2O7/c1-33-11-10-28(14-24(29)30)25(31)17-12-18(34-15-17)13-27-26(32)35-16-23-21-8-4-2-6-19(21)20-7-3-5-9-22(20)23/h2-9,17-18,23H,10-16H2,1H3,(H,27,32)(H,29,30). The Balaban J connectivity index is 1.26. The van der Waals surface area contributed by atoms with E-state index < -0.39 is 18.0 Å². The van der Waals surface area contributed by atoms with E-state index in [0.29, 0.717) is 6.42 Å². The van der Waals surface area contributed by atoms with Crippen molar-refractivity contribution in [2.45, 2.75) is 18.4 Å². The molecule has 1 heterocycles. The average molecular weight is 483 g/mol. The SMILES string of the molecule is COCCN(CC(=O)O)C(=O)C1COC(CNC(=O)OCC2c3ccccc3-c3ccccc32)C1. The molecule has 2 amide bonds. The molecule has 9 heteroatoms. The molecule has 0 aromatic heterocycles. The predicted octanol–water partition coefficient (Wildman–Crippen LogP) is 2.49. The van der Waals surface area contributed by atoms with Gasteiger partial charge in [-0.25, -0.2) is 4.79 Å². The lowest BCUT2D eigenvalue weighted by Crippen LogP contribution is -2.42. The van der Waals surface area contributed by atoms with E-state index in [1.54, 1.807) is 0 Å². The molecular formula is C26H30N2O7. The number of aliphatic carboxylic acids is 1. The first-order chi connectivity index (χ1) is 17.0. The Hall–Kier alpha value is -3.43. The van der Waals surface area contributed by atoms with E-state index in [2.05, 4.69) is 29.6 Å². The van der Waals surface area contributed by atoms with Crippen molar-refractivity contribution in [3.8, 4) is 11.1 Å². The molecule has 2 aromatic rings. The van der Waals surface area contributed by atoms with Crippen molar-refractivity contribution >= 4 is 18.0 Å². The average Bonchev–Trinajstić information content (AvgIpc) is 3.46. The summed E-state index contributed by atoms with van der Waals surface area (Å²) >= 11 is 0. The van der Waals surface area contributed by atoms with Crippen molar-refractivity contribution in [2.24, 2.45) is 5.92 Å². The van der Waals surface area contributed by atoms with Crippen LogP contribution in [0.4, 0.5) is 4.79 Å². The molecule has 0 spiro atoms. The van der Waals surface area contributed by atoms with Gasteiger partial charge in [0.25, 0.3) is 0 Å². The van der Waals surface area contributed by atoms with Crippen molar-refractivity contribution < 1.29 is 33.7 Å². The molecule has 9 nitrogen and oxygen atoms in total. The molecule has 1 fully saturated rings. The largest absolute Gasteiger partial charge is 0.480 e. The number of hydrogen-bond donors (Lipinski definition) is 2. The number of benzene rings is 2. The van der Waals surface area contributed by atoms with Gasteiger partial charge in [-0.15, -0.1) is 0 Å². The summed E-state index contributed by atoms with van der Waals surface area (Å²) in [6.07, 6.45) is -0.498. The van der Waals surface area contributed by atoms with Crippen LogP contribution in [0.2, 0.25) is 0 Å². The van der Waals surface area contributed by atoms with Crippen molar-refractivity contribution in [1.29, 1.82) is 0 Å². The summed E-state index contributed by atoms with van der Waals surface area (Å²) in [4.78, 5) is 37.5. The molecule has 2 N–H and O–H groups in total. The summed E-state index contributed by atoms with van der Waals surface area (Å²) in [5, 5.41) is 11.8. The van der Waals surface area contributed by atoms with Crippen LogP contribution in [0, 0.1) is 5.92 Å². The molecule has 1 aliphatic carbocycles. The maximum atomic E-state index is 12.7. The summed E-state index contributed by atoms with van der Waals surface area (Å²) in [6.45, 7) is 0.661. The first kappa shape index (κ1) is 24.7. The van der Waals surface area contributed by atoms with Gasteiger partial charge in [-0.3, -0.25) is 9.59 Å². The Morgan fingerprint density at radius 1 is 1.09 bits per heavy atom. The molecule has 2 unspecified atom stereocenters. The maximum Gasteiger partial charge on any atom is 0.407 e. The summed E-state index contributed by atoms with van der Waals surface area (Å²) in [7, 11) is 1.49. The van der Waals surface area contributed by atoms with Gasteiger partial charge in [-0.2, -0.15) is 0 Å². The second-order valence-corrected chi connectivity index (χ2v) is 8.74. The molecule has 186 valence electrons. The number of ether oxygens (including phenoxy) is 3. The number of carboxylic acid groups (broad SMARTS) is 1. The smallest absolute Gasteiger partial charge is 0.407 e. The monoisotopic (exact) mass is 482 g/mol. The molecule has 0 bridgehead atoms. The molecule has 2 aromatic carbocycles. The van der Waals surface area contributed by atoms with Crippen LogP contribution in [0.3, 0.4) is 0 Å². The second-order valence-electron chi connectivity index (χ2n) is 8.74. The topological polar surface area (TPSA) is 114 Å². The quantitative estimate of drug-likeness (QED) is 0.535. The van der Waals surface area contributed by atoms with Crippen LogP contribution in [-0.4, -0.2) is 80.6 Å². The van der Waals surface area contributed by atoms with E-state index in [1.807, 2.05) is 24.3 Å². The number of hydrogen-bond acceptors (Lipinski definition) is 6. The van der Waals surface area contributed by atoms with Crippen molar-refractivity contribution in [2.75, 3.05) is 46.6 Å². The Kier molecular flexibility index (Phi) is 7.99. The van der Waals surface area contributed by atoms with Gasteiger partial charge in [0.05, 0.1) is 25.2 Å². The number of carbonyl (C=O) groups excluding carboxylic acids is 2. The van der Waals surface area contributed by atoms with Gasteiger partial charge in [0.1, 0.15) is 13.2 Å². The summed E-state index contributed by atoms with van der Waals surface area (Å²) in [5.41, 5.74) is 4.60. The number of fused-ring (bicyclic) bond motifs is 3. The highest BCUT2D eigenvalue weighted by Crippen LogP contribution is 2.44. The number of carbonyl (C=O) groups is 3. The third kappa shape index (κ3) is 5.80. The van der Waals surface area contributed by atoms with E-state index in [4.69, 9.17) is 19.3 Å². The fourth-order valence-electron chi connectivity index (χ4n) is 4.76. The normalized spacial score (nSPS) is 18.5. The number of nitrogens with one attached hydrogen (secondary N) is 1. The Morgan fingerprint density at radius 2 is 1.74 bits per heavy atom. The second kappa shape index (κ2) is 11.3. The summed E-state index contributed by atoms with van der Waals surface area (Å²) in [6, 6.07) is 16.3. The molecule has 2 aliphatic rings. The first-order valence-corrected chi connectivity index (χ1v) is 11.7. The summed E-state index contributed by atoms with van der Waals surface area (Å²) < 4.78 is 16.2. The zero-order chi connectivity index (χ0) is 24.8. The fraction of sp³-hybridized carbons (Fsp3) is 0.423. The minimum absolute atomic E-state index is 0.0230. The van der Waals surface area contributed by atoms with E-state index >= 15 is 0 Å². The third-order valence-electron chi connectivity index (χ3n) is 6.45. The van der Waals surface area contributed by atoms with Crippen molar-refractivity contribution in [3.05, 3.63) is 59.7 Å². The third-order valence-corrected chi connectivity index (χ3v) is 6.45. The minimum Gasteiger partial charge on any atom is -0.480 e. The van der Waals surface area contributed by atoms with E-state index in [1.165, 1.54) is 12.0 Å². The maximum absolute atomic E-state index is 12.7. The molecule has 1 saturated heterocycles. The number of amides is 2. The van der Waals surface area contributed by atoms with Crippen LogP contribution in [0.25, 0.3) is 11.1 Å². The molecule has 0 radical (unpaired) electrons. The van der Waals surface area contributed by atoms with Crippen LogP contribution >= 0.6 is 0 Å². The van der Waals surface area contributed by atoms with E-state index in [0.717, 1.165) is 22.3 Å². The van der Waals surface area contributed by atoms with Crippen molar-refractivity contribution in [1.82, 2.24) is 10.2 Å². The van der Waals surface area contributed by atoms with Gasteiger partial charge in [-0.1, -0.05) is 48.5 Å². The van der Waals surface area contributed by atoms with Crippen LogP contribution < -0.4 is 5.32 Å². The lowest BCUT2D eigenvalue weighted by atomic mass is 9.98. The zero-order valence-corrected chi connectivity index (χ0v) is 19.6. The molecular weight excluding hydrogens is 452 g/mol. The van der Waals surface area contributed by atoms with Crippen LogP contribution in [-0.2, 0) is 23.8 Å². The molecule has 35 heavy (non-hydrogen) atoms. The van der Waals surface area contributed by atoms with E-state index in [-0.39, 0.29) is 57.4 Å². The van der Waals surface area contributed by atoms with Gasteiger partial charge in [0.2, 0.25) is 5.91 Å². The van der Waals surface area contributed by atoms with Crippen molar-refractivity contribution in [3.63, 3.8) is 0 Å². The van der Waals surface area contributed by atoms with Gasteiger partial charge in [0, 0.05) is 26.1 Å². The highest BCUT2D eigenvalue weighted by atomic mass is 16.5. The van der Waals surface area contributed by atoms with Crippen LogP contribution in [0.15, 0.2) is 48.5 Å². The molecule has 4 rings (SSSR count). The Labute approximate surface area is 204 Å². The van der Waals surface area contributed by atoms with Crippen LogP contribution in [0.5, 0.6) is 0 Å². The fourth-order valence-corrected chi connectivity index (χ4v) is 4.76. The number of carboxylic acids is 1. The zero-order valence-electron chi connectivity index (χ0n) is 19.6. The number of methoxy groups -OCH3 is 1. The highest BCUT2D eigenvalue weighted by molar-refractivity contribution is 5.83. The number of rotatable bonds is 10. The number of nitrogens with zero attached hydrogens (tertiary/aromatic N) is 1. The van der Waals surface area contributed by atoms with Gasteiger partial charge >= 0.3 is 12.1 Å². The Morgan fingerprint density at radius 3 is 2.37 bits per heavy atom. The first-order valence-electron chi connectivity index (χ1n) is 11.7. The lowest BCUT2D eigenvalue weighted by Gasteiger charge is -2.23. The minimum atomic E-state index is -1.08. The summed E-state index contributed by atoms with van der Waals surface area (Å²) in [5.74, 6) is -1.85. The van der Waals surface area contributed by atoms with E-state index in [9.17, 15) is 14.4 Å². The highest BCUT2D eigenvalue weighted by Gasteiger charge is 2.34. The Bertz CT molecular complexity index is 1030. The predicted molar refractivity (Wildman–Crippen MR) is 127 cm³/mol. The van der Waals surface area contributed by atoms with Crippen LogP contribution in [0.1, 0.15) is 23.5 Å². The molecule has 2 atom stereocenters. The lowest BCUT2D eigenvalue weighted by molar-refractivity contribution is -0.146. The molecule has 1 aliphatic heterocycles. The molecule has 0 saturated carbocycles. The van der Waals surface area contributed by atoms with Gasteiger partial charge < -0.3 is 29.5 Å².